The van der Waals surface area contributed by atoms with Crippen LogP contribution >= 0.6 is 11.8 Å². The van der Waals surface area contributed by atoms with Crippen LogP contribution in [0.5, 0.6) is 0 Å². The molecule has 6 heteroatoms. The predicted molar refractivity (Wildman–Crippen MR) is 88.3 cm³/mol. The summed E-state index contributed by atoms with van der Waals surface area (Å²) in [7, 11) is -3.06. The van der Waals surface area contributed by atoms with Gasteiger partial charge in [-0.05, 0) is 18.8 Å². The maximum Gasteiger partial charge on any atom is 0.166 e. The predicted octanol–water partition coefficient (Wildman–Crippen LogP) is 2.19. The summed E-state index contributed by atoms with van der Waals surface area (Å²) < 4.78 is 24.5. The minimum atomic E-state index is -3.06. The van der Waals surface area contributed by atoms with Gasteiger partial charge in [0, 0.05) is 42.7 Å². The monoisotopic (exact) mass is 333 g/mol. The van der Waals surface area contributed by atoms with Gasteiger partial charge in [-0.3, -0.25) is 9.69 Å². The zero-order valence-electron chi connectivity index (χ0n) is 13.1. The molecule has 0 aromatic heterocycles. The normalized spacial score (nSPS) is 32.3. The zero-order valence-corrected chi connectivity index (χ0v) is 14.7. The second-order valence-electron chi connectivity index (χ2n) is 6.19. The Labute approximate surface area is 133 Å². The number of ketones is 1. The lowest BCUT2D eigenvalue weighted by atomic mass is 9.79. The van der Waals surface area contributed by atoms with Crippen molar-refractivity contribution in [1.82, 2.24) is 4.90 Å². The van der Waals surface area contributed by atoms with E-state index >= 15 is 0 Å². The molecule has 2 aliphatic rings. The third-order valence-electron chi connectivity index (χ3n) is 4.91. The molecular weight excluding hydrogens is 306 g/mol. The van der Waals surface area contributed by atoms with Crippen molar-refractivity contribution in [3.8, 4) is 0 Å². The zero-order chi connectivity index (χ0) is 15.5. The van der Waals surface area contributed by atoms with Crippen molar-refractivity contribution in [1.29, 1.82) is 0 Å². The number of hydrogen-bond donors (Lipinski definition) is 0. The summed E-state index contributed by atoms with van der Waals surface area (Å²) in [4.78, 5) is 14.2. The Kier molecular flexibility index (Phi) is 6.15. The van der Waals surface area contributed by atoms with E-state index in [1.165, 1.54) is 0 Å². The molecule has 0 spiro atoms. The summed E-state index contributed by atoms with van der Waals surface area (Å²) in [5.74, 6) is 2.81. The Morgan fingerprint density at radius 2 is 2.10 bits per heavy atom. The number of carbonyl (C=O) groups is 1. The van der Waals surface area contributed by atoms with E-state index in [1.807, 2.05) is 0 Å². The van der Waals surface area contributed by atoms with Crippen LogP contribution in [0, 0.1) is 11.8 Å². The molecule has 1 saturated carbocycles. The van der Waals surface area contributed by atoms with E-state index in [0.29, 0.717) is 30.4 Å². The molecule has 4 nitrogen and oxygen atoms in total. The van der Waals surface area contributed by atoms with Crippen molar-refractivity contribution in [2.75, 3.05) is 30.3 Å². The van der Waals surface area contributed by atoms with Crippen LogP contribution in [0.15, 0.2) is 0 Å². The first-order valence-corrected chi connectivity index (χ1v) is 10.9. The highest BCUT2D eigenvalue weighted by molar-refractivity contribution is 8.01. The van der Waals surface area contributed by atoms with Gasteiger partial charge in [0.25, 0.3) is 0 Å². The number of rotatable bonds is 5. The summed E-state index contributed by atoms with van der Waals surface area (Å²) in [6.45, 7) is 5.32. The quantitative estimate of drug-likeness (QED) is 0.772. The molecule has 1 aliphatic carbocycles. The third kappa shape index (κ3) is 4.23. The molecule has 0 aromatic carbocycles. The average molecular weight is 334 g/mol. The molecule has 21 heavy (non-hydrogen) atoms. The van der Waals surface area contributed by atoms with Crippen LogP contribution in [0.2, 0.25) is 0 Å². The van der Waals surface area contributed by atoms with Gasteiger partial charge in [0.05, 0.1) is 0 Å². The van der Waals surface area contributed by atoms with Crippen molar-refractivity contribution >= 4 is 27.4 Å². The minimum absolute atomic E-state index is 0.0429. The van der Waals surface area contributed by atoms with Crippen molar-refractivity contribution < 1.29 is 13.2 Å². The standard InChI is InChI=1S/C15H27NO3S2/c1-3-12-5-6-14(17)13(9-12)10-16-7-8-20-11-15(16)21(18,19)4-2/h12-13,15H,3-11H2,1-2H3. The molecule has 0 bridgehead atoms. The average Bonchev–Trinajstić information content (AvgIpc) is 2.50. The molecule has 3 unspecified atom stereocenters. The van der Waals surface area contributed by atoms with Crippen LogP contribution in [0.3, 0.4) is 0 Å². The summed E-state index contributed by atoms with van der Waals surface area (Å²) in [6, 6.07) is 0. The first-order chi connectivity index (χ1) is 9.97. The van der Waals surface area contributed by atoms with E-state index in [2.05, 4.69) is 11.8 Å². The largest absolute Gasteiger partial charge is 0.299 e. The highest BCUT2D eigenvalue weighted by Crippen LogP contribution is 2.31. The van der Waals surface area contributed by atoms with Gasteiger partial charge in [0.1, 0.15) is 11.2 Å². The van der Waals surface area contributed by atoms with E-state index in [1.54, 1.807) is 18.7 Å². The Balaban J connectivity index is 2.06. The van der Waals surface area contributed by atoms with E-state index < -0.39 is 15.2 Å². The second-order valence-corrected chi connectivity index (χ2v) is 9.78. The summed E-state index contributed by atoms with van der Waals surface area (Å²) in [5, 5.41) is -0.393. The van der Waals surface area contributed by atoms with E-state index in [9.17, 15) is 13.2 Å². The summed E-state index contributed by atoms with van der Waals surface area (Å²) in [5.41, 5.74) is 0. The smallest absolute Gasteiger partial charge is 0.166 e. The molecule has 1 heterocycles. The van der Waals surface area contributed by atoms with Crippen molar-refractivity contribution in [3.05, 3.63) is 0 Å². The van der Waals surface area contributed by atoms with Gasteiger partial charge in [-0.15, -0.1) is 0 Å². The molecular formula is C15H27NO3S2. The van der Waals surface area contributed by atoms with E-state index in [0.717, 1.165) is 31.6 Å². The number of thioether (sulfide) groups is 1. The fraction of sp³-hybridized carbons (Fsp3) is 0.933. The van der Waals surface area contributed by atoms with E-state index in [-0.39, 0.29) is 11.7 Å². The van der Waals surface area contributed by atoms with Crippen LogP contribution in [0.4, 0.5) is 0 Å². The molecule has 1 saturated heterocycles. The Hall–Kier alpha value is -0.0700. The van der Waals surface area contributed by atoms with Gasteiger partial charge in [0.2, 0.25) is 0 Å². The van der Waals surface area contributed by atoms with Crippen molar-refractivity contribution in [2.45, 2.75) is 44.9 Å². The SMILES string of the molecule is CCC1CCC(=O)C(CN2CCSCC2S(=O)(=O)CC)C1. The van der Waals surface area contributed by atoms with Crippen molar-refractivity contribution in [2.24, 2.45) is 11.8 Å². The van der Waals surface area contributed by atoms with Gasteiger partial charge in [0.15, 0.2) is 9.84 Å². The van der Waals surface area contributed by atoms with Gasteiger partial charge in [-0.2, -0.15) is 11.8 Å². The molecule has 2 rings (SSSR count). The lowest BCUT2D eigenvalue weighted by molar-refractivity contribution is -0.126. The van der Waals surface area contributed by atoms with Crippen LogP contribution < -0.4 is 0 Å². The first kappa shape index (κ1) is 17.3. The molecule has 0 N–H and O–H groups in total. The van der Waals surface area contributed by atoms with Crippen molar-refractivity contribution in [3.63, 3.8) is 0 Å². The van der Waals surface area contributed by atoms with Gasteiger partial charge >= 0.3 is 0 Å². The molecule has 0 aromatic rings. The third-order valence-corrected chi connectivity index (χ3v) is 8.24. The van der Waals surface area contributed by atoms with Crippen LogP contribution in [0.25, 0.3) is 0 Å². The highest BCUT2D eigenvalue weighted by Gasteiger charge is 2.36. The fourth-order valence-corrected chi connectivity index (χ4v) is 6.47. The molecule has 3 atom stereocenters. The number of Topliss-reactive ketones (excluding diaryl/α,β-unsaturated/α-hetero) is 1. The molecule has 122 valence electrons. The van der Waals surface area contributed by atoms with Gasteiger partial charge in [-0.1, -0.05) is 20.3 Å². The first-order valence-electron chi connectivity index (χ1n) is 8.04. The molecule has 1 aliphatic heterocycles. The van der Waals surface area contributed by atoms with E-state index in [4.69, 9.17) is 0 Å². The van der Waals surface area contributed by atoms with Gasteiger partial charge in [-0.25, -0.2) is 8.42 Å². The number of sulfone groups is 1. The fourth-order valence-electron chi connectivity index (χ4n) is 3.38. The maximum absolute atomic E-state index is 12.3. The molecule has 2 fully saturated rings. The van der Waals surface area contributed by atoms with Crippen LogP contribution in [-0.4, -0.2) is 54.8 Å². The lowest BCUT2D eigenvalue weighted by Gasteiger charge is -2.38. The molecule has 0 amide bonds. The molecule has 0 radical (unpaired) electrons. The van der Waals surface area contributed by atoms with Gasteiger partial charge < -0.3 is 0 Å². The lowest BCUT2D eigenvalue weighted by Crippen LogP contribution is -2.50. The van der Waals surface area contributed by atoms with Crippen LogP contribution in [0.1, 0.15) is 39.5 Å². The number of hydrogen-bond acceptors (Lipinski definition) is 5. The Bertz CT molecular complexity index is 464. The highest BCUT2D eigenvalue weighted by atomic mass is 32.2. The van der Waals surface area contributed by atoms with Crippen LogP contribution in [-0.2, 0) is 14.6 Å². The maximum atomic E-state index is 12.3. The number of nitrogens with zero attached hydrogens (tertiary/aromatic N) is 1. The minimum Gasteiger partial charge on any atom is -0.299 e. The second kappa shape index (κ2) is 7.47. The number of carbonyl (C=O) groups excluding carboxylic acids is 1. The topological polar surface area (TPSA) is 54.5 Å². The Morgan fingerprint density at radius 1 is 1.33 bits per heavy atom. The summed E-state index contributed by atoms with van der Waals surface area (Å²) in [6.07, 6.45) is 3.75. The summed E-state index contributed by atoms with van der Waals surface area (Å²) >= 11 is 1.71. The Morgan fingerprint density at radius 3 is 2.76 bits per heavy atom.